The second-order valence-electron chi connectivity index (χ2n) is 4.05. The van der Waals surface area contributed by atoms with Crippen molar-refractivity contribution in [2.24, 2.45) is 0 Å². The fourth-order valence-corrected chi connectivity index (χ4v) is 2.13. The van der Waals surface area contributed by atoms with Crippen LogP contribution in [0.3, 0.4) is 0 Å². The van der Waals surface area contributed by atoms with E-state index in [4.69, 9.17) is 0 Å². The number of hydrogen-bond donors (Lipinski definition) is 1. The van der Waals surface area contributed by atoms with Gasteiger partial charge in [0.05, 0.1) is 26.0 Å². The molecule has 22 heavy (non-hydrogen) atoms. The van der Waals surface area contributed by atoms with Gasteiger partial charge in [0.1, 0.15) is 16.7 Å². The van der Waals surface area contributed by atoms with E-state index in [1.165, 1.54) is 20.4 Å². The van der Waals surface area contributed by atoms with Gasteiger partial charge in [0, 0.05) is 16.9 Å². The maximum absolute atomic E-state index is 11.8. The molecule has 1 heterocycles. The minimum absolute atomic E-state index is 0.0661. The van der Waals surface area contributed by atoms with Gasteiger partial charge >= 0.3 is 11.9 Å². The van der Waals surface area contributed by atoms with Crippen LogP contribution in [0.15, 0.2) is 40.8 Å². The van der Waals surface area contributed by atoms with Crippen LogP contribution in [0.1, 0.15) is 0 Å². The van der Waals surface area contributed by atoms with E-state index in [0.29, 0.717) is 16.7 Å². The minimum Gasteiger partial charge on any atom is -0.466 e. The van der Waals surface area contributed by atoms with Crippen LogP contribution in [0.4, 0.5) is 5.69 Å². The van der Waals surface area contributed by atoms with E-state index in [2.05, 4.69) is 40.7 Å². The highest BCUT2D eigenvalue weighted by Crippen LogP contribution is 2.27. The number of benzene rings is 1. The van der Waals surface area contributed by atoms with Crippen LogP contribution in [0, 0.1) is 0 Å². The average Bonchev–Trinajstić information content (AvgIpc) is 2.55. The number of esters is 2. The summed E-state index contributed by atoms with van der Waals surface area (Å²) in [4.78, 5) is 31.6. The molecule has 0 saturated heterocycles. The lowest BCUT2D eigenvalue weighted by molar-refractivity contribution is -0.138. The Morgan fingerprint density at radius 1 is 1.14 bits per heavy atom. The van der Waals surface area contributed by atoms with Crippen molar-refractivity contribution >= 4 is 44.6 Å². The Kier molecular flexibility index (Phi) is 5.05. The molecule has 0 radical (unpaired) electrons. The molecular weight excluding hydrogens is 354 g/mol. The van der Waals surface area contributed by atoms with E-state index in [0.717, 1.165) is 10.5 Å². The molecule has 0 saturated carbocycles. The van der Waals surface area contributed by atoms with Gasteiger partial charge in [-0.05, 0) is 28.1 Å². The average molecular weight is 366 g/mol. The highest BCUT2D eigenvalue weighted by molar-refractivity contribution is 9.10. The van der Waals surface area contributed by atoms with Gasteiger partial charge in [-0.2, -0.15) is 0 Å². The van der Waals surface area contributed by atoms with E-state index < -0.39 is 11.9 Å². The number of carbonyl (C=O) groups is 2. The molecule has 0 spiro atoms. The number of methoxy groups -OCH3 is 2. The Bertz CT molecular complexity index is 761. The van der Waals surface area contributed by atoms with Gasteiger partial charge in [0.2, 0.25) is 0 Å². The Morgan fingerprint density at radius 3 is 2.45 bits per heavy atom. The molecule has 1 aromatic carbocycles. The molecule has 0 amide bonds. The van der Waals surface area contributed by atoms with Crippen molar-refractivity contribution in [3.05, 3.63) is 40.8 Å². The molecule has 0 aliphatic rings. The monoisotopic (exact) mass is 365 g/mol. The van der Waals surface area contributed by atoms with Gasteiger partial charge in [-0.25, -0.2) is 9.59 Å². The number of ether oxygens (including phenoxy) is 2. The summed E-state index contributed by atoms with van der Waals surface area (Å²) in [6.07, 6.45) is 4.10. The summed E-state index contributed by atoms with van der Waals surface area (Å²) in [5, 5.41) is 2.83. The van der Waals surface area contributed by atoms with Gasteiger partial charge in [-0.1, -0.05) is 0 Å². The van der Waals surface area contributed by atoms with Gasteiger partial charge in [-0.15, -0.1) is 0 Å². The summed E-state index contributed by atoms with van der Waals surface area (Å²) in [5.74, 6) is -1.38. The molecule has 2 aromatic rings. The fraction of sp³-hybridized carbons (Fsp3) is 0.143. The largest absolute Gasteiger partial charge is 0.466 e. The normalized spacial score (nSPS) is 11.1. The summed E-state index contributed by atoms with van der Waals surface area (Å²) in [5.41, 5.74) is 1.60. The van der Waals surface area contributed by atoms with Crippen molar-refractivity contribution < 1.29 is 19.1 Å². The first-order valence-corrected chi connectivity index (χ1v) is 6.90. The van der Waals surface area contributed by atoms with Crippen LogP contribution in [0.25, 0.3) is 11.0 Å². The van der Waals surface area contributed by atoms with Gasteiger partial charge < -0.3 is 14.8 Å². The lowest BCUT2D eigenvalue weighted by atomic mass is 10.2. The summed E-state index contributed by atoms with van der Waals surface area (Å²) >= 11 is 3.38. The Morgan fingerprint density at radius 2 is 1.82 bits per heavy atom. The second kappa shape index (κ2) is 6.99. The van der Waals surface area contributed by atoms with Crippen LogP contribution in [-0.4, -0.2) is 36.1 Å². The molecule has 2 rings (SSSR count). The van der Waals surface area contributed by atoms with Gasteiger partial charge in [0.15, 0.2) is 0 Å². The molecule has 0 bridgehead atoms. The Labute approximate surface area is 134 Å². The molecular formula is C14H12BrN3O4. The standard InChI is InChI=1S/C14H12BrN3O4/c1-21-11(19)7-10(14(20)22-2)18-9-4-3-8(15)12-13(9)17-6-5-16-12/h3-7,18H,1-2H3/b10-7+. The van der Waals surface area contributed by atoms with Crippen molar-refractivity contribution in [2.75, 3.05) is 19.5 Å². The van der Waals surface area contributed by atoms with Crippen LogP contribution < -0.4 is 5.32 Å². The number of carbonyl (C=O) groups excluding carboxylic acids is 2. The zero-order valence-electron chi connectivity index (χ0n) is 11.8. The third kappa shape index (κ3) is 3.40. The first kappa shape index (κ1) is 15.9. The zero-order chi connectivity index (χ0) is 16.1. The van der Waals surface area contributed by atoms with Crippen molar-refractivity contribution in [1.82, 2.24) is 9.97 Å². The van der Waals surface area contributed by atoms with Crippen LogP contribution in [-0.2, 0) is 19.1 Å². The number of nitrogens with one attached hydrogen (secondary N) is 1. The van der Waals surface area contributed by atoms with E-state index >= 15 is 0 Å². The summed E-state index contributed by atoms with van der Waals surface area (Å²) in [7, 11) is 2.43. The summed E-state index contributed by atoms with van der Waals surface area (Å²) in [6.45, 7) is 0. The molecule has 0 aliphatic carbocycles. The van der Waals surface area contributed by atoms with Crippen molar-refractivity contribution in [2.45, 2.75) is 0 Å². The highest BCUT2D eigenvalue weighted by Gasteiger charge is 2.15. The first-order chi connectivity index (χ1) is 10.6. The van der Waals surface area contributed by atoms with Crippen LogP contribution in [0.5, 0.6) is 0 Å². The summed E-state index contributed by atoms with van der Waals surface area (Å²) < 4.78 is 9.93. The SMILES string of the molecule is COC(=O)/C=C(/Nc1ccc(Br)c2nccnc12)C(=O)OC. The maximum Gasteiger partial charge on any atom is 0.354 e. The molecule has 0 fully saturated rings. The first-order valence-electron chi connectivity index (χ1n) is 6.11. The topological polar surface area (TPSA) is 90.4 Å². The van der Waals surface area contributed by atoms with Crippen molar-refractivity contribution in [3.63, 3.8) is 0 Å². The quantitative estimate of drug-likeness (QED) is 0.654. The lowest BCUT2D eigenvalue weighted by Gasteiger charge is -2.11. The smallest absolute Gasteiger partial charge is 0.354 e. The molecule has 7 nitrogen and oxygen atoms in total. The van der Waals surface area contributed by atoms with Gasteiger partial charge in [-0.3, -0.25) is 9.97 Å². The number of halogens is 1. The third-order valence-corrected chi connectivity index (χ3v) is 3.35. The van der Waals surface area contributed by atoms with E-state index in [9.17, 15) is 9.59 Å². The molecule has 0 atom stereocenters. The van der Waals surface area contributed by atoms with Gasteiger partial charge in [0.25, 0.3) is 0 Å². The molecule has 1 N–H and O–H groups in total. The third-order valence-electron chi connectivity index (χ3n) is 2.71. The molecule has 8 heteroatoms. The lowest BCUT2D eigenvalue weighted by Crippen LogP contribution is -2.15. The molecule has 114 valence electrons. The number of fused-ring (bicyclic) bond motifs is 1. The predicted molar refractivity (Wildman–Crippen MR) is 83.0 cm³/mol. The Hall–Kier alpha value is -2.48. The number of nitrogens with zero attached hydrogens (tertiary/aromatic N) is 2. The molecule has 0 aliphatic heterocycles. The van der Waals surface area contributed by atoms with Crippen molar-refractivity contribution in [1.29, 1.82) is 0 Å². The van der Waals surface area contributed by atoms with E-state index in [1.807, 2.05) is 0 Å². The van der Waals surface area contributed by atoms with Crippen LogP contribution >= 0.6 is 15.9 Å². The predicted octanol–water partition coefficient (Wildman–Crippen LogP) is 2.03. The number of rotatable bonds is 4. The molecule has 0 unspecified atom stereocenters. The Balaban J connectivity index is 2.47. The maximum atomic E-state index is 11.8. The van der Waals surface area contributed by atoms with Crippen molar-refractivity contribution in [3.8, 4) is 0 Å². The van der Waals surface area contributed by atoms with E-state index in [1.54, 1.807) is 18.3 Å². The zero-order valence-corrected chi connectivity index (χ0v) is 13.4. The summed E-state index contributed by atoms with van der Waals surface area (Å²) in [6, 6.07) is 3.46. The fourth-order valence-electron chi connectivity index (χ4n) is 1.70. The highest BCUT2D eigenvalue weighted by atomic mass is 79.9. The number of hydrogen-bond acceptors (Lipinski definition) is 7. The minimum atomic E-state index is -0.703. The number of aromatic nitrogens is 2. The van der Waals surface area contributed by atoms with Crippen LogP contribution in [0.2, 0.25) is 0 Å². The second-order valence-corrected chi connectivity index (χ2v) is 4.90. The molecule has 1 aromatic heterocycles. The van der Waals surface area contributed by atoms with E-state index in [-0.39, 0.29) is 5.70 Å². The number of anilines is 1.